The molecule has 0 radical (unpaired) electrons. The molecule has 0 spiro atoms. The Morgan fingerprint density at radius 3 is 2.62 bits per heavy atom. The predicted octanol–water partition coefficient (Wildman–Crippen LogP) is -1.42. The second-order valence-corrected chi connectivity index (χ2v) is 6.58. The fourth-order valence-electron chi connectivity index (χ4n) is 3.20. The quantitative estimate of drug-likeness (QED) is 0.694. The molecule has 2 aromatic rings. The largest absolute Gasteiger partial charge is 0.349 e. The summed E-state index contributed by atoms with van der Waals surface area (Å²) >= 11 is 0. The third-order valence-corrected chi connectivity index (χ3v) is 4.76. The first-order chi connectivity index (χ1) is 12.4. The van der Waals surface area contributed by atoms with Crippen molar-refractivity contribution in [1.82, 2.24) is 29.7 Å². The van der Waals surface area contributed by atoms with Crippen LogP contribution in [0.5, 0.6) is 0 Å². The fourth-order valence-corrected chi connectivity index (χ4v) is 3.20. The number of nitrogens with one attached hydrogen (secondary N) is 2. The van der Waals surface area contributed by atoms with Gasteiger partial charge in [-0.15, -0.1) is 0 Å². The number of carbonyl (C=O) groups excluding carboxylic acids is 1. The van der Waals surface area contributed by atoms with Crippen LogP contribution < -0.4 is 21.9 Å². The molecule has 3 rings (SSSR count). The lowest BCUT2D eigenvalue weighted by Gasteiger charge is -2.27. The summed E-state index contributed by atoms with van der Waals surface area (Å²) in [7, 11) is 2.98. The lowest BCUT2D eigenvalue weighted by molar-refractivity contribution is 0.0942. The van der Waals surface area contributed by atoms with E-state index in [4.69, 9.17) is 0 Å². The maximum absolute atomic E-state index is 12.5. The number of aryl methyl sites for hydroxylation is 2. The van der Waals surface area contributed by atoms with Crippen molar-refractivity contribution in [3.8, 4) is 0 Å². The van der Waals surface area contributed by atoms with Crippen LogP contribution >= 0.6 is 0 Å². The van der Waals surface area contributed by atoms with Gasteiger partial charge in [-0.05, 0) is 18.6 Å². The zero-order valence-corrected chi connectivity index (χ0v) is 15.3. The van der Waals surface area contributed by atoms with Crippen LogP contribution in [0.3, 0.4) is 0 Å². The number of amides is 1. The summed E-state index contributed by atoms with van der Waals surface area (Å²) in [5.74, 6) is -0.307. The summed E-state index contributed by atoms with van der Waals surface area (Å²) in [5.41, 5.74) is 0.187. The zero-order chi connectivity index (χ0) is 18.8. The average molecular weight is 360 g/mol. The van der Waals surface area contributed by atoms with Crippen molar-refractivity contribution in [3.05, 3.63) is 38.2 Å². The van der Waals surface area contributed by atoms with E-state index in [-0.39, 0.29) is 17.2 Å². The Kier molecular flexibility index (Phi) is 5.19. The minimum Gasteiger partial charge on any atom is -0.349 e. The van der Waals surface area contributed by atoms with Gasteiger partial charge < -0.3 is 10.6 Å². The molecule has 140 valence electrons. The molecule has 0 aliphatic carbocycles. The molecule has 9 heteroatoms. The first-order valence-electron chi connectivity index (χ1n) is 8.69. The third-order valence-electron chi connectivity index (χ3n) is 4.76. The van der Waals surface area contributed by atoms with Gasteiger partial charge in [-0.2, -0.15) is 0 Å². The predicted molar refractivity (Wildman–Crippen MR) is 98.6 cm³/mol. The Morgan fingerprint density at radius 1 is 1.23 bits per heavy atom. The summed E-state index contributed by atoms with van der Waals surface area (Å²) in [5, 5.41) is 6.50. The van der Waals surface area contributed by atoms with Gasteiger partial charge in [-0.25, -0.2) is 9.78 Å². The molecule has 2 aromatic heterocycles. The van der Waals surface area contributed by atoms with Crippen molar-refractivity contribution in [2.24, 2.45) is 14.1 Å². The number of rotatable bonds is 4. The molecule has 2 N–H and O–H groups in total. The molecular weight excluding hydrogens is 336 g/mol. The van der Waals surface area contributed by atoms with Crippen LogP contribution in [-0.4, -0.2) is 64.2 Å². The number of nitrogens with zero attached hydrogens (tertiary/aromatic N) is 4. The van der Waals surface area contributed by atoms with Crippen LogP contribution in [0.1, 0.15) is 16.1 Å². The fraction of sp³-hybridized carbons (Fsp3) is 0.529. The van der Waals surface area contributed by atoms with E-state index >= 15 is 0 Å². The van der Waals surface area contributed by atoms with E-state index in [0.717, 1.165) is 37.3 Å². The van der Waals surface area contributed by atoms with Crippen LogP contribution in [-0.2, 0) is 14.1 Å². The van der Waals surface area contributed by atoms with Crippen molar-refractivity contribution in [3.63, 3.8) is 0 Å². The van der Waals surface area contributed by atoms with Crippen molar-refractivity contribution < 1.29 is 4.79 Å². The second-order valence-electron chi connectivity index (χ2n) is 6.58. The molecule has 1 amide bonds. The van der Waals surface area contributed by atoms with Crippen molar-refractivity contribution in [2.45, 2.75) is 6.92 Å². The molecule has 26 heavy (non-hydrogen) atoms. The molecule has 0 atom stereocenters. The number of hydrogen-bond donors (Lipinski definition) is 2. The van der Waals surface area contributed by atoms with E-state index in [1.54, 1.807) is 20.0 Å². The van der Waals surface area contributed by atoms with E-state index in [9.17, 15) is 14.4 Å². The summed E-state index contributed by atoms with van der Waals surface area (Å²) in [6, 6.07) is 1.59. The monoisotopic (exact) mass is 360 g/mol. The molecule has 0 saturated carbocycles. The van der Waals surface area contributed by atoms with Crippen molar-refractivity contribution >= 4 is 16.9 Å². The molecule has 0 bridgehead atoms. The lowest BCUT2D eigenvalue weighted by Crippen LogP contribution is -2.46. The van der Waals surface area contributed by atoms with Crippen LogP contribution in [0.15, 0.2) is 15.7 Å². The normalized spacial score (nSPS) is 15.3. The van der Waals surface area contributed by atoms with Gasteiger partial charge in [0.15, 0.2) is 0 Å². The van der Waals surface area contributed by atoms with Crippen LogP contribution in [0.4, 0.5) is 0 Å². The van der Waals surface area contributed by atoms with Crippen LogP contribution in [0, 0.1) is 6.92 Å². The summed E-state index contributed by atoms with van der Waals surface area (Å²) < 4.78 is 2.34. The third kappa shape index (κ3) is 3.40. The average Bonchev–Trinajstić information content (AvgIpc) is 2.64. The van der Waals surface area contributed by atoms with Crippen molar-refractivity contribution in [1.29, 1.82) is 0 Å². The molecule has 9 nitrogen and oxygen atoms in total. The number of hydrogen-bond acceptors (Lipinski definition) is 6. The number of carbonyl (C=O) groups is 1. The Labute approximate surface area is 150 Å². The lowest BCUT2D eigenvalue weighted by atomic mass is 10.1. The van der Waals surface area contributed by atoms with Gasteiger partial charge in [0, 0.05) is 53.4 Å². The molecule has 1 aliphatic heterocycles. The Hall–Kier alpha value is -2.52. The minimum absolute atomic E-state index is 0.207. The van der Waals surface area contributed by atoms with Gasteiger partial charge in [-0.3, -0.25) is 23.6 Å². The van der Waals surface area contributed by atoms with Gasteiger partial charge in [0.25, 0.3) is 11.5 Å². The van der Waals surface area contributed by atoms with E-state index in [2.05, 4.69) is 20.5 Å². The standard InChI is InChI=1S/C17H24N6O3/c1-11-10-12(15(24)19-6-9-23-7-4-18-5-8-23)20-14-13(11)16(25)22(3)17(26)21(14)2/h10,18H,4-9H2,1-3H3,(H,19,24). The van der Waals surface area contributed by atoms with Gasteiger partial charge >= 0.3 is 5.69 Å². The molecular formula is C17H24N6O3. The molecule has 0 unspecified atom stereocenters. The molecule has 1 aliphatic rings. The maximum Gasteiger partial charge on any atom is 0.332 e. The SMILES string of the molecule is Cc1cc(C(=O)NCCN2CCNCC2)nc2c1c(=O)n(C)c(=O)n2C. The summed E-state index contributed by atoms with van der Waals surface area (Å²) in [6.07, 6.45) is 0. The van der Waals surface area contributed by atoms with E-state index in [0.29, 0.717) is 17.5 Å². The van der Waals surface area contributed by atoms with Crippen LogP contribution in [0.2, 0.25) is 0 Å². The van der Waals surface area contributed by atoms with Gasteiger partial charge in [0.2, 0.25) is 0 Å². The Balaban J connectivity index is 1.83. The minimum atomic E-state index is -0.467. The summed E-state index contributed by atoms with van der Waals surface area (Å²) in [4.78, 5) is 43.5. The summed E-state index contributed by atoms with van der Waals surface area (Å²) in [6.45, 7) is 6.90. The Bertz CT molecular complexity index is 956. The number of aromatic nitrogens is 3. The van der Waals surface area contributed by atoms with E-state index < -0.39 is 11.2 Å². The van der Waals surface area contributed by atoms with Gasteiger partial charge in [0.05, 0.1) is 5.39 Å². The second kappa shape index (κ2) is 7.38. The highest BCUT2D eigenvalue weighted by Crippen LogP contribution is 2.12. The Morgan fingerprint density at radius 2 is 1.92 bits per heavy atom. The first kappa shape index (κ1) is 18.3. The first-order valence-corrected chi connectivity index (χ1v) is 8.69. The number of fused-ring (bicyclic) bond motifs is 1. The zero-order valence-electron chi connectivity index (χ0n) is 15.3. The van der Waals surface area contributed by atoms with Crippen molar-refractivity contribution in [2.75, 3.05) is 39.3 Å². The van der Waals surface area contributed by atoms with Gasteiger partial charge in [-0.1, -0.05) is 0 Å². The highest BCUT2D eigenvalue weighted by atomic mass is 16.2. The number of piperazine rings is 1. The highest BCUT2D eigenvalue weighted by molar-refractivity contribution is 5.95. The highest BCUT2D eigenvalue weighted by Gasteiger charge is 2.17. The molecule has 1 saturated heterocycles. The molecule has 0 aromatic carbocycles. The smallest absolute Gasteiger partial charge is 0.332 e. The molecule has 1 fully saturated rings. The topological polar surface area (TPSA) is 101 Å². The number of pyridine rings is 1. The van der Waals surface area contributed by atoms with E-state index in [1.807, 2.05) is 0 Å². The van der Waals surface area contributed by atoms with Gasteiger partial charge in [0.1, 0.15) is 11.3 Å². The maximum atomic E-state index is 12.5. The molecule has 3 heterocycles. The van der Waals surface area contributed by atoms with E-state index in [1.165, 1.54) is 11.6 Å². The van der Waals surface area contributed by atoms with Crippen LogP contribution in [0.25, 0.3) is 11.0 Å².